The summed E-state index contributed by atoms with van der Waals surface area (Å²) >= 11 is 0. The van der Waals surface area contributed by atoms with Crippen molar-refractivity contribution in [1.82, 2.24) is 10.2 Å². The smallest absolute Gasteiger partial charge is 0.317 e. The van der Waals surface area contributed by atoms with E-state index in [-0.39, 0.29) is 24.0 Å². The lowest BCUT2D eigenvalue weighted by Crippen LogP contribution is -2.48. The molecule has 2 fully saturated rings. The molecule has 0 radical (unpaired) electrons. The van der Waals surface area contributed by atoms with Crippen LogP contribution in [-0.4, -0.2) is 54.4 Å². The predicted molar refractivity (Wildman–Crippen MR) is 68.9 cm³/mol. The third kappa shape index (κ3) is 3.59. The molecule has 0 aromatic carbocycles. The zero-order chi connectivity index (χ0) is 13.8. The number of hydrogen-bond donors (Lipinski definition) is 2. The minimum absolute atomic E-state index is 0.00381. The van der Waals surface area contributed by atoms with Gasteiger partial charge in [-0.05, 0) is 32.1 Å². The average molecular weight is 270 g/mol. The summed E-state index contributed by atoms with van der Waals surface area (Å²) in [4.78, 5) is 24.7. The fourth-order valence-electron chi connectivity index (χ4n) is 2.85. The molecule has 1 saturated heterocycles. The van der Waals surface area contributed by atoms with Crippen LogP contribution in [-0.2, 0) is 9.53 Å². The lowest BCUT2D eigenvalue weighted by Gasteiger charge is -2.32. The number of nitrogens with one attached hydrogen (secondary N) is 1. The molecule has 6 heteroatoms. The predicted octanol–water partition coefficient (Wildman–Crippen LogP) is 1.06. The molecule has 0 aromatic heterocycles. The number of ether oxygens (including phenoxy) is 1. The van der Waals surface area contributed by atoms with Crippen molar-refractivity contribution < 1.29 is 19.4 Å². The normalized spacial score (nSPS) is 28.1. The maximum atomic E-state index is 12.1. The Labute approximate surface area is 113 Å². The van der Waals surface area contributed by atoms with Gasteiger partial charge in [-0.3, -0.25) is 4.79 Å². The molecule has 19 heavy (non-hydrogen) atoms. The second kappa shape index (κ2) is 6.23. The number of aliphatic carboxylic acids is 1. The number of carboxylic acid groups (broad SMARTS) is 1. The number of urea groups is 1. The maximum Gasteiger partial charge on any atom is 0.317 e. The van der Waals surface area contributed by atoms with Crippen LogP contribution >= 0.6 is 0 Å². The van der Waals surface area contributed by atoms with Crippen LogP contribution in [0.3, 0.4) is 0 Å². The van der Waals surface area contributed by atoms with Gasteiger partial charge in [-0.2, -0.15) is 0 Å². The van der Waals surface area contributed by atoms with Gasteiger partial charge in [0.25, 0.3) is 0 Å². The molecular weight excluding hydrogens is 248 g/mol. The van der Waals surface area contributed by atoms with Crippen LogP contribution in [0.25, 0.3) is 0 Å². The van der Waals surface area contributed by atoms with Crippen LogP contribution in [0.5, 0.6) is 0 Å². The second-order valence-corrected chi connectivity index (χ2v) is 5.45. The number of hydrogen-bond acceptors (Lipinski definition) is 3. The summed E-state index contributed by atoms with van der Waals surface area (Å²) in [7, 11) is 1.80. The van der Waals surface area contributed by atoms with Crippen LogP contribution < -0.4 is 5.32 Å². The highest BCUT2D eigenvalue weighted by Gasteiger charge is 2.32. The third-order valence-corrected chi connectivity index (χ3v) is 4.17. The van der Waals surface area contributed by atoms with E-state index in [4.69, 9.17) is 9.84 Å². The number of amides is 2. The van der Waals surface area contributed by atoms with Gasteiger partial charge in [-0.25, -0.2) is 4.79 Å². The van der Waals surface area contributed by atoms with Crippen molar-refractivity contribution in [3.8, 4) is 0 Å². The quantitative estimate of drug-likeness (QED) is 0.803. The van der Waals surface area contributed by atoms with Gasteiger partial charge >= 0.3 is 12.0 Å². The lowest BCUT2D eigenvalue weighted by atomic mass is 10.1. The Bertz CT molecular complexity index is 342. The summed E-state index contributed by atoms with van der Waals surface area (Å²) < 4.78 is 5.28. The van der Waals surface area contributed by atoms with E-state index in [9.17, 15) is 9.59 Å². The molecule has 0 bridgehead atoms. The van der Waals surface area contributed by atoms with E-state index >= 15 is 0 Å². The summed E-state index contributed by atoms with van der Waals surface area (Å²) in [6.07, 6.45) is 3.69. The Kier molecular flexibility index (Phi) is 4.63. The number of nitrogens with zero attached hydrogens (tertiary/aromatic N) is 1. The molecule has 6 nitrogen and oxygen atoms in total. The zero-order valence-electron chi connectivity index (χ0n) is 11.3. The highest BCUT2D eigenvalue weighted by molar-refractivity contribution is 5.75. The van der Waals surface area contributed by atoms with Gasteiger partial charge in [0.15, 0.2) is 0 Å². The molecule has 0 aromatic rings. The largest absolute Gasteiger partial charge is 0.481 e. The fraction of sp³-hybridized carbons (Fsp3) is 0.846. The molecule has 1 aliphatic carbocycles. The molecule has 1 saturated carbocycles. The van der Waals surface area contributed by atoms with Crippen molar-refractivity contribution in [2.24, 2.45) is 5.92 Å². The van der Waals surface area contributed by atoms with Crippen LogP contribution in [0.15, 0.2) is 0 Å². The first kappa shape index (κ1) is 14.1. The monoisotopic (exact) mass is 270 g/mol. The summed E-state index contributed by atoms with van der Waals surface area (Å²) in [6.45, 7) is 1.40. The number of rotatable bonds is 3. The summed E-state index contributed by atoms with van der Waals surface area (Å²) in [5.41, 5.74) is 0. The van der Waals surface area contributed by atoms with Crippen molar-refractivity contribution in [3.05, 3.63) is 0 Å². The molecular formula is C13H22N2O4. The Morgan fingerprint density at radius 3 is 2.47 bits per heavy atom. The first-order valence-corrected chi connectivity index (χ1v) is 6.92. The van der Waals surface area contributed by atoms with Crippen molar-refractivity contribution in [1.29, 1.82) is 0 Å². The molecule has 0 spiro atoms. The lowest BCUT2D eigenvalue weighted by molar-refractivity contribution is -0.141. The van der Waals surface area contributed by atoms with Gasteiger partial charge in [0.1, 0.15) is 0 Å². The topological polar surface area (TPSA) is 78.9 Å². The molecule has 2 N–H and O–H groups in total. The SMILES string of the molecule is CN(C(=O)NC1CCC(C(=O)O)C1)C1CCOCC1. The van der Waals surface area contributed by atoms with E-state index in [1.807, 2.05) is 0 Å². The maximum absolute atomic E-state index is 12.1. The first-order valence-electron chi connectivity index (χ1n) is 6.92. The van der Waals surface area contributed by atoms with Gasteiger partial charge < -0.3 is 20.1 Å². The van der Waals surface area contributed by atoms with Crippen LogP contribution in [0.4, 0.5) is 4.79 Å². The fourth-order valence-corrected chi connectivity index (χ4v) is 2.85. The summed E-state index contributed by atoms with van der Waals surface area (Å²) in [5.74, 6) is -1.06. The molecule has 2 rings (SSSR count). The van der Waals surface area contributed by atoms with Crippen molar-refractivity contribution in [2.75, 3.05) is 20.3 Å². The number of carboxylic acids is 1. The van der Waals surface area contributed by atoms with Crippen molar-refractivity contribution in [3.63, 3.8) is 0 Å². The van der Waals surface area contributed by atoms with E-state index in [1.165, 1.54) is 0 Å². The highest BCUT2D eigenvalue weighted by atomic mass is 16.5. The van der Waals surface area contributed by atoms with Crippen molar-refractivity contribution in [2.45, 2.75) is 44.2 Å². The average Bonchev–Trinajstić information content (AvgIpc) is 2.87. The standard InChI is InChI=1S/C13H22N2O4/c1-15(11-4-6-19-7-5-11)13(18)14-10-3-2-9(8-10)12(16)17/h9-11H,2-8H2,1H3,(H,14,18)(H,16,17). The minimum atomic E-state index is -0.755. The van der Waals surface area contributed by atoms with E-state index < -0.39 is 5.97 Å². The van der Waals surface area contributed by atoms with Gasteiger partial charge in [0.05, 0.1) is 5.92 Å². The van der Waals surface area contributed by atoms with Gasteiger partial charge in [-0.1, -0.05) is 0 Å². The Morgan fingerprint density at radius 1 is 1.21 bits per heavy atom. The van der Waals surface area contributed by atoms with E-state index in [0.29, 0.717) is 26.1 Å². The highest BCUT2D eigenvalue weighted by Crippen LogP contribution is 2.26. The van der Waals surface area contributed by atoms with E-state index in [1.54, 1.807) is 11.9 Å². The van der Waals surface area contributed by atoms with Gasteiger partial charge in [-0.15, -0.1) is 0 Å². The Balaban J connectivity index is 1.79. The zero-order valence-corrected chi connectivity index (χ0v) is 11.3. The van der Waals surface area contributed by atoms with Gasteiger partial charge in [0.2, 0.25) is 0 Å². The molecule has 1 aliphatic heterocycles. The minimum Gasteiger partial charge on any atom is -0.481 e. The van der Waals surface area contributed by atoms with Crippen LogP contribution in [0.2, 0.25) is 0 Å². The van der Waals surface area contributed by atoms with Crippen molar-refractivity contribution >= 4 is 12.0 Å². The molecule has 1 heterocycles. The van der Waals surface area contributed by atoms with E-state index in [0.717, 1.165) is 19.3 Å². The van der Waals surface area contributed by atoms with E-state index in [2.05, 4.69) is 5.32 Å². The molecule has 2 atom stereocenters. The summed E-state index contributed by atoms with van der Waals surface area (Å²) in [5, 5.41) is 11.9. The first-order chi connectivity index (χ1) is 9.08. The third-order valence-electron chi connectivity index (χ3n) is 4.17. The number of carbonyl (C=O) groups excluding carboxylic acids is 1. The molecule has 2 unspecified atom stereocenters. The molecule has 2 aliphatic rings. The molecule has 108 valence electrons. The van der Waals surface area contributed by atoms with Crippen LogP contribution in [0, 0.1) is 5.92 Å². The Morgan fingerprint density at radius 2 is 1.89 bits per heavy atom. The Hall–Kier alpha value is -1.30. The number of carbonyl (C=O) groups is 2. The second-order valence-electron chi connectivity index (χ2n) is 5.45. The summed E-state index contributed by atoms with van der Waals surface area (Å²) in [6, 6.07) is 0.129. The van der Waals surface area contributed by atoms with Gasteiger partial charge in [0, 0.05) is 32.3 Å². The van der Waals surface area contributed by atoms with Crippen LogP contribution in [0.1, 0.15) is 32.1 Å². The molecule has 2 amide bonds.